The third kappa shape index (κ3) is 4.75. The molecule has 0 saturated heterocycles. The number of nitrogens with one attached hydrogen (secondary N) is 1. The predicted molar refractivity (Wildman–Crippen MR) is 72.3 cm³/mol. The fraction of sp³-hybridized carbons (Fsp3) is 0.500. The molecule has 100 valence electrons. The molecule has 0 aliphatic heterocycles. The third-order valence-corrected chi connectivity index (χ3v) is 2.97. The van der Waals surface area contributed by atoms with Gasteiger partial charge in [0.25, 0.3) is 0 Å². The van der Waals surface area contributed by atoms with E-state index in [1.807, 2.05) is 6.07 Å². The number of phenols is 1. The largest absolute Gasteiger partial charge is 0.508 e. The fourth-order valence-corrected chi connectivity index (χ4v) is 1.56. The number of hydrogen-bond acceptors (Lipinski definition) is 3. The van der Waals surface area contributed by atoms with E-state index in [9.17, 15) is 9.90 Å². The minimum absolute atomic E-state index is 0.0543. The smallest absolute Gasteiger partial charge is 0.236 e. The van der Waals surface area contributed by atoms with E-state index in [1.165, 1.54) is 0 Å². The average molecular weight is 250 g/mol. The van der Waals surface area contributed by atoms with Gasteiger partial charge in [-0.25, -0.2) is 0 Å². The highest BCUT2D eigenvalue weighted by molar-refractivity contribution is 5.78. The summed E-state index contributed by atoms with van der Waals surface area (Å²) in [4.78, 5) is 13.5. The summed E-state index contributed by atoms with van der Waals surface area (Å²) in [5, 5.41) is 12.5. The Morgan fingerprint density at radius 1 is 1.50 bits per heavy atom. The van der Waals surface area contributed by atoms with Crippen LogP contribution < -0.4 is 5.32 Å². The van der Waals surface area contributed by atoms with Crippen LogP contribution in [0.3, 0.4) is 0 Å². The van der Waals surface area contributed by atoms with Crippen LogP contribution in [0.1, 0.15) is 25.8 Å². The normalized spacial score (nSPS) is 12.2. The Bertz CT molecular complexity index is 393. The second-order valence-electron chi connectivity index (χ2n) is 4.61. The van der Waals surface area contributed by atoms with Gasteiger partial charge in [0.15, 0.2) is 0 Å². The first-order chi connectivity index (χ1) is 8.52. The Morgan fingerprint density at radius 2 is 2.22 bits per heavy atom. The average Bonchev–Trinajstić information content (AvgIpc) is 2.35. The van der Waals surface area contributed by atoms with Crippen molar-refractivity contribution < 1.29 is 9.90 Å². The van der Waals surface area contributed by atoms with Gasteiger partial charge >= 0.3 is 0 Å². The monoisotopic (exact) mass is 250 g/mol. The van der Waals surface area contributed by atoms with Crippen molar-refractivity contribution in [2.24, 2.45) is 0 Å². The summed E-state index contributed by atoms with van der Waals surface area (Å²) in [5.41, 5.74) is 0.925. The molecule has 0 saturated carbocycles. The molecule has 0 aliphatic rings. The minimum Gasteiger partial charge on any atom is -0.508 e. The highest BCUT2D eigenvalue weighted by Gasteiger charge is 2.10. The van der Waals surface area contributed by atoms with Crippen LogP contribution in [0.25, 0.3) is 0 Å². The van der Waals surface area contributed by atoms with Gasteiger partial charge in [-0.2, -0.15) is 0 Å². The van der Waals surface area contributed by atoms with Crippen LogP contribution in [0.15, 0.2) is 24.3 Å². The molecular weight excluding hydrogens is 228 g/mol. The van der Waals surface area contributed by atoms with Gasteiger partial charge in [-0.1, -0.05) is 19.1 Å². The summed E-state index contributed by atoms with van der Waals surface area (Å²) in [5.74, 6) is 0.282. The highest BCUT2D eigenvalue weighted by atomic mass is 16.3. The van der Waals surface area contributed by atoms with Crippen molar-refractivity contribution in [2.45, 2.75) is 32.9 Å². The summed E-state index contributed by atoms with van der Waals surface area (Å²) in [6, 6.07) is 7.32. The molecule has 18 heavy (non-hydrogen) atoms. The second kappa shape index (κ2) is 7.01. The van der Waals surface area contributed by atoms with E-state index in [0.717, 1.165) is 12.0 Å². The molecule has 1 unspecified atom stereocenters. The number of benzene rings is 1. The van der Waals surface area contributed by atoms with E-state index in [2.05, 4.69) is 19.2 Å². The van der Waals surface area contributed by atoms with E-state index < -0.39 is 0 Å². The molecule has 0 aromatic heterocycles. The first-order valence-electron chi connectivity index (χ1n) is 6.28. The number of phenolic OH excluding ortho intramolecular Hbond substituents is 1. The molecule has 0 spiro atoms. The minimum atomic E-state index is 0.0543. The molecule has 4 nitrogen and oxygen atoms in total. The zero-order valence-corrected chi connectivity index (χ0v) is 11.3. The lowest BCUT2D eigenvalue weighted by Gasteiger charge is -2.19. The quantitative estimate of drug-likeness (QED) is 0.808. The van der Waals surface area contributed by atoms with E-state index in [0.29, 0.717) is 19.1 Å². The number of aromatic hydroxyl groups is 1. The van der Waals surface area contributed by atoms with Crippen LogP contribution in [-0.4, -0.2) is 35.5 Å². The number of amides is 1. The van der Waals surface area contributed by atoms with Crippen molar-refractivity contribution in [3.8, 4) is 5.75 Å². The number of rotatable bonds is 6. The van der Waals surface area contributed by atoms with Crippen molar-refractivity contribution >= 4 is 5.91 Å². The molecule has 0 aliphatic carbocycles. The van der Waals surface area contributed by atoms with E-state index in [1.54, 1.807) is 30.1 Å². The first kappa shape index (κ1) is 14.5. The number of carbonyl (C=O) groups excluding carboxylic acids is 1. The Morgan fingerprint density at radius 3 is 2.83 bits per heavy atom. The van der Waals surface area contributed by atoms with E-state index in [-0.39, 0.29) is 11.7 Å². The van der Waals surface area contributed by atoms with E-state index >= 15 is 0 Å². The van der Waals surface area contributed by atoms with Gasteiger partial charge in [0.2, 0.25) is 5.91 Å². The maximum atomic E-state index is 11.9. The molecule has 1 aromatic rings. The van der Waals surface area contributed by atoms with Crippen LogP contribution in [0.5, 0.6) is 5.75 Å². The van der Waals surface area contributed by atoms with E-state index in [4.69, 9.17) is 0 Å². The first-order valence-corrected chi connectivity index (χ1v) is 6.28. The number of nitrogens with zero attached hydrogens (tertiary/aromatic N) is 1. The van der Waals surface area contributed by atoms with Gasteiger partial charge < -0.3 is 15.3 Å². The Labute approximate surface area is 109 Å². The van der Waals surface area contributed by atoms with Crippen molar-refractivity contribution in [1.29, 1.82) is 0 Å². The lowest BCUT2D eigenvalue weighted by atomic mass is 10.2. The van der Waals surface area contributed by atoms with Gasteiger partial charge in [-0.15, -0.1) is 0 Å². The molecule has 1 amide bonds. The Balaban J connectivity index is 2.45. The van der Waals surface area contributed by atoms with Crippen LogP contribution in [0, 0.1) is 0 Å². The predicted octanol–water partition coefficient (Wildman–Crippen LogP) is 1.74. The molecule has 4 heteroatoms. The van der Waals surface area contributed by atoms with Crippen LogP contribution >= 0.6 is 0 Å². The molecule has 0 radical (unpaired) electrons. The molecule has 0 bridgehead atoms. The molecule has 0 fully saturated rings. The van der Waals surface area contributed by atoms with Crippen molar-refractivity contribution in [3.05, 3.63) is 29.8 Å². The zero-order chi connectivity index (χ0) is 13.5. The van der Waals surface area contributed by atoms with Gasteiger partial charge in [-0.3, -0.25) is 4.79 Å². The van der Waals surface area contributed by atoms with Gasteiger partial charge in [0, 0.05) is 19.6 Å². The SMILES string of the molecule is CCC(C)NCC(=O)N(C)Cc1cccc(O)c1. The molecule has 1 rings (SSSR count). The number of hydrogen-bond donors (Lipinski definition) is 2. The number of likely N-dealkylation sites (N-methyl/N-ethyl adjacent to an activating group) is 1. The molecular formula is C14H22N2O2. The van der Waals surface area contributed by atoms with Crippen LogP contribution in [0.4, 0.5) is 0 Å². The summed E-state index contributed by atoms with van der Waals surface area (Å²) in [6.07, 6.45) is 1.00. The maximum Gasteiger partial charge on any atom is 0.236 e. The van der Waals surface area contributed by atoms with Crippen molar-refractivity contribution in [2.75, 3.05) is 13.6 Å². The fourth-order valence-electron chi connectivity index (χ4n) is 1.56. The van der Waals surface area contributed by atoms with Gasteiger partial charge in [0.1, 0.15) is 5.75 Å². The maximum absolute atomic E-state index is 11.9. The molecule has 2 N–H and O–H groups in total. The van der Waals surface area contributed by atoms with Crippen molar-refractivity contribution in [1.82, 2.24) is 10.2 Å². The Hall–Kier alpha value is -1.55. The summed E-state index contributed by atoms with van der Waals surface area (Å²) in [7, 11) is 1.77. The molecule has 1 atom stereocenters. The Kier molecular flexibility index (Phi) is 5.65. The summed E-state index contributed by atoms with van der Waals surface area (Å²) >= 11 is 0. The highest BCUT2D eigenvalue weighted by Crippen LogP contribution is 2.12. The summed E-state index contributed by atoms with van der Waals surface area (Å²) < 4.78 is 0. The standard InChI is InChI=1S/C14H22N2O2/c1-4-11(2)15-9-14(18)16(3)10-12-6-5-7-13(17)8-12/h5-8,11,15,17H,4,9-10H2,1-3H3. The van der Waals surface area contributed by atoms with Crippen molar-refractivity contribution in [3.63, 3.8) is 0 Å². The second-order valence-corrected chi connectivity index (χ2v) is 4.61. The van der Waals surface area contributed by atoms with Crippen LogP contribution in [-0.2, 0) is 11.3 Å². The molecule has 0 heterocycles. The van der Waals surface area contributed by atoms with Gasteiger partial charge in [-0.05, 0) is 31.0 Å². The number of carbonyl (C=O) groups is 1. The summed E-state index contributed by atoms with van der Waals surface area (Å²) in [6.45, 7) is 5.00. The lowest BCUT2D eigenvalue weighted by Crippen LogP contribution is -2.38. The topological polar surface area (TPSA) is 52.6 Å². The van der Waals surface area contributed by atoms with Gasteiger partial charge in [0.05, 0.1) is 6.54 Å². The molecule has 1 aromatic carbocycles. The lowest BCUT2D eigenvalue weighted by molar-refractivity contribution is -0.129. The third-order valence-electron chi connectivity index (χ3n) is 2.97. The van der Waals surface area contributed by atoms with Crippen LogP contribution in [0.2, 0.25) is 0 Å². The zero-order valence-electron chi connectivity index (χ0n) is 11.3.